The molecule has 1 aliphatic rings. The number of furan rings is 1. The smallest absolute Gasteiger partial charge is 0.230 e. The van der Waals surface area contributed by atoms with Gasteiger partial charge in [-0.05, 0) is 18.9 Å². The molecule has 6 heteroatoms. The topological polar surface area (TPSA) is 67.1 Å². The molecule has 1 fully saturated rings. The molecule has 1 saturated heterocycles. The first-order chi connectivity index (χ1) is 8.86. The van der Waals surface area contributed by atoms with Crippen LogP contribution in [-0.2, 0) is 0 Å². The van der Waals surface area contributed by atoms with Crippen molar-refractivity contribution in [1.29, 1.82) is 0 Å². The Kier molecular flexibility index (Phi) is 2.84. The van der Waals surface area contributed by atoms with Gasteiger partial charge in [0.25, 0.3) is 0 Å². The number of anilines is 2. The number of hydrogen-bond acceptors (Lipinski definition) is 6. The third kappa shape index (κ3) is 2.01. The second-order valence-electron chi connectivity index (χ2n) is 4.24. The van der Waals surface area contributed by atoms with E-state index in [0.29, 0.717) is 11.8 Å². The highest BCUT2D eigenvalue weighted by molar-refractivity contribution is 5.56. The van der Waals surface area contributed by atoms with Crippen LogP contribution in [0.1, 0.15) is 12.8 Å². The lowest BCUT2D eigenvalue weighted by Crippen LogP contribution is -2.21. The van der Waals surface area contributed by atoms with E-state index in [2.05, 4.69) is 25.2 Å². The maximum atomic E-state index is 5.07. The summed E-state index contributed by atoms with van der Waals surface area (Å²) >= 11 is 0. The normalized spacial score (nSPS) is 15.1. The lowest BCUT2D eigenvalue weighted by molar-refractivity contribution is 0.568. The van der Waals surface area contributed by atoms with Gasteiger partial charge in [-0.1, -0.05) is 0 Å². The molecule has 0 aromatic carbocycles. The second kappa shape index (κ2) is 4.64. The van der Waals surface area contributed by atoms with Crippen LogP contribution in [0.2, 0.25) is 0 Å². The van der Waals surface area contributed by atoms with Gasteiger partial charge >= 0.3 is 0 Å². The summed E-state index contributed by atoms with van der Waals surface area (Å²) in [6, 6.07) is 1.85. The Hall–Kier alpha value is -2.11. The molecule has 0 aliphatic carbocycles. The highest BCUT2D eigenvalue weighted by Gasteiger charge is 2.17. The summed E-state index contributed by atoms with van der Waals surface area (Å²) in [5.41, 5.74) is 0.870. The van der Waals surface area contributed by atoms with Crippen LogP contribution in [0.4, 0.5) is 11.9 Å². The number of nitrogens with one attached hydrogen (secondary N) is 1. The van der Waals surface area contributed by atoms with Crippen LogP contribution >= 0.6 is 0 Å². The fourth-order valence-electron chi connectivity index (χ4n) is 2.06. The van der Waals surface area contributed by atoms with E-state index >= 15 is 0 Å². The lowest BCUT2D eigenvalue weighted by Gasteiger charge is -2.16. The fraction of sp³-hybridized carbons (Fsp3) is 0.417. The monoisotopic (exact) mass is 245 g/mol. The molecule has 1 N–H and O–H groups in total. The minimum Gasteiger partial charge on any atom is -0.472 e. The molecule has 0 radical (unpaired) electrons. The summed E-state index contributed by atoms with van der Waals surface area (Å²) in [5, 5.41) is 2.97. The number of aromatic nitrogens is 3. The zero-order valence-electron chi connectivity index (χ0n) is 10.3. The van der Waals surface area contributed by atoms with Crippen molar-refractivity contribution in [3.63, 3.8) is 0 Å². The van der Waals surface area contributed by atoms with E-state index in [4.69, 9.17) is 4.42 Å². The van der Waals surface area contributed by atoms with Gasteiger partial charge in [0, 0.05) is 20.1 Å². The molecular formula is C12H15N5O. The van der Waals surface area contributed by atoms with Crippen LogP contribution < -0.4 is 10.2 Å². The Balaban J connectivity index is 2.01. The molecule has 3 rings (SSSR count). The minimum atomic E-state index is 0.586. The maximum Gasteiger partial charge on any atom is 0.230 e. The molecule has 0 amide bonds. The molecule has 2 aromatic heterocycles. The molecule has 0 spiro atoms. The van der Waals surface area contributed by atoms with Crippen molar-refractivity contribution < 1.29 is 4.42 Å². The molecule has 0 bridgehead atoms. The van der Waals surface area contributed by atoms with Gasteiger partial charge in [-0.25, -0.2) is 0 Å². The zero-order chi connectivity index (χ0) is 12.4. The molecule has 94 valence electrons. The van der Waals surface area contributed by atoms with Gasteiger partial charge < -0.3 is 14.6 Å². The summed E-state index contributed by atoms with van der Waals surface area (Å²) < 4.78 is 5.07. The first-order valence-electron chi connectivity index (χ1n) is 6.08. The first-order valence-corrected chi connectivity index (χ1v) is 6.08. The minimum absolute atomic E-state index is 0.586. The van der Waals surface area contributed by atoms with Crippen LogP contribution in [-0.4, -0.2) is 35.1 Å². The number of nitrogens with zero attached hydrogens (tertiary/aromatic N) is 4. The van der Waals surface area contributed by atoms with Gasteiger partial charge in [0.05, 0.1) is 11.8 Å². The molecule has 0 unspecified atom stereocenters. The van der Waals surface area contributed by atoms with Crippen LogP contribution in [0.5, 0.6) is 0 Å². The van der Waals surface area contributed by atoms with E-state index in [1.165, 1.54) is 12.8 Å². The van der Waals surface area contributed by atoms with Crippen molar-refractivity contribution in [2.24, 2.45) is 0 Å². The maximum absolute atomic E-state index is 5.07. The zero-order valence-corrected chi connectivity index (χ0v) is 10.3. The Morgan fingerprint density at radius 2 is 2.06 bits per heavy atom. The molecule has 18 heavy (non-hydrogen) atoms. The summed E-state index contributed by atoms with van der Waals surface area (Å²) in [6.07, 6.45) is 5.65. The fourth-order valence-corrected chi connectivity index (χ4v) is 2.06. The molecule has 1 aliphatic heterocycles. The summed E-state index contributed by atoms with van der Waals surface area (Å²) in [6.45, 7) is 2.02. The standard InChI is InChI=1S/C12H15N5O/c1-13-11-14-10(9-4-7-18-8-9)15-12(16-11)17-5-2-3-6-17/h4,7-8H,2-3,5-6H2,1H3,(H,13,14,15,16). The van der Waals surface area contributed by atoms with E-state index < -0.39 is 0 Å². The molecule has 0 atom stereocenters. The van der Waals surface area contributed by atoms with Gasteiger partial charge in [-0.3, -0.25) is 0 Å². The predicted molar refractivity (Wildman–Crippen MR) is 68.5 cm³/mol. The van der Waals surface area contributed by atoms with Crippen LogP contribution in [0.3, 0.4) is 0 Å². The van der Waals surface area contributed by atoms with Crippen molar-refractivity contribution in [3.05, 3.63) is 18.6 Å². The van der Waals surface area contributed by atoms with Crippen molar-refractivity contribution in [1.82, 2.24) is 15.0 Å². The highest BCUT2D eigenvalue weighted by Crippen LogP contribution is 2.22. The summed E-state index contributed by atoms with van der Waals surface area (Å²) in [5.74, 6) is 1.97. The Labute approximate surface area is 105 Å². The molecule has 3 heterocycles. The number of rotatable bonds is 3. The van der Waals surface area contributed by atoms with E-state index in [-0.39, 0.29) is 0 Å². The quantitative estimate of drug-likeness (QED) is 0.889. The van der Waals surface area contributed by atoms with Gasteiger partial charge in [0.15, 0.2) is 5.82 Å². The van der Waals surface area contributed by atoms with E-state index in [1.807, 2.05) is 13.1 Å². The van der Waals surface area contributed by atoms with Gasteiger partial charge in [-0.2, -0.15) is 15.0 Å². The van der Waals surface area contributed by atoms with Crippen LogP contribution in [0.15, 0.2) is 23.0 Å². The number of hydrogen-bond donors (Lipinski definition) is 1. The van der Waals surface area contributed by atoms with Gasteiger partial charge in [0.1, 0.15) is 6.26 Å². The van der Waals surface area contributed by atoms with E-state index in [0.717, 1.165) is 24.6 Å². The van der Waals surface area contributed by atoms with Crippen molar-refractivity contribution in [3.8, 4) is 11.4 Å². The Morgan fingerprint density at radius 1 is 1.22 bits per heavy atom. The predicted octanol–water partition coefficient (Wildman–Crippen LogP) is 1.77. The average molecular weight is 245 g/mol. The van der Waals surface area contributed by atoms with Crippen molar-refractivity contribution >= 4 is 11.9 Å². The Bertz CT molecular complexity index is 519. The third-order valence-electron chi connectivity index (χ3n) is 3.02. The van der Waals surface area contributed by atoms with Crippen LogP contribution in [0, 0.1) is 0 Å². The van der Waals surface area contributed by atoms with Crippen molar-refractivity contribution in [2.75, 3.05) is 30.4 Å². The van der Waals surface area contributed by atoms with E-state index in [9.17, 15) is 0 Å². The molecule has 0 saturated carbocycles. The van der Waals surface area contributed by atoms with Gasteiger partial charge in [0.2, 0.25) is 11.9 Å². The van der Waals surface area contributed by atoms with E-state index in [1.54, 1.807) is 12.5 Å². The third-order valence-corrected chi connectivity index (χ3v) is 3.02. The van der Waals surface area contributed by atoms with Gasteiger partial charge in [-0.15, -0.1) is 0 Å². The Morgan fingerprint density at radius 3 is 2.72 bits per heavy atom. The molecule has 2 aromatic rings. The lowest BCUT2D eigenvalue weighted by atomic mass is 10.3. The second-order valence-corrected chi connectivity index (χ2v) is 4.24. The average Bonchev–Trinajstić information content (AvgIpc) is 3.10. The SMILES string of the molecule is CNc1nc(-c2ccoc2)nc(N2CCCC2)n1. The molecular weight excluding hydrogens is 230 g/mol. The van der Waals surface area contributed by atoms with Crippen LogP contribution in [0.25, 0.3) is 11.4 Å². The largest absolute Gasteiger partial charge is 0.472 e. The first kappa shape index (κ1) is 11.0. The summed E-state index contributed by atoms with van der Waals surface area (Å²) in [7, 11) is 1.81. The highest BCUT2D eigenvalue weighted by atomic mass is 16.3. The summed E-state index contributed by atoms with van der Waals surface area (Å²) in [4.78, 5) is 15.4. The molecule has 6 nitrogen and oxygen atoms in total. The van der Waals surface area contributed by atoms with Crippen molar-refractivity contribution in [2.45, 2.75) is 12.8 Å².